The smallest absolute Gasteiger partial charge is 0.488 e. The molecule has 0 aliphatic rings. The van der Waals surface area contributed by atoms with Crippen molar-refractivity contribution in [2.24, 2.45) is 0 Å². The van der Waals surface area contributed by atoms with Crippen LogP contribution in [0.4, 0.5) is 4.79 Å². The molecule has 0 aliphatic heterocycles. The SMILES string of the molecule is CCc1cc(C)ccc1OCc1ccccc1OC(=O)OC. The Labute approximate surface area is 130 Å². The molecular weight excluding hydrogens is 280 g/mol. The third-order valence-electron chi connectivity index (χ3n) is 3.31. The van der Waals surface area contributed by atoms with Crippen LogP contribution in [0.25, 0.3) is 0 Å². The number of ether oxygens (including phenoxy) is 3. The van der Waals surface area contributed by atoms with E-state index in [2.05, 4.69) is 24.7 Å². The highest BCUT2D eigenvalue weighted by Crippen LogP contribution is 2.24. The van der Waals surface area contributed by atoms with Gasteiger partial charge in [-0.15, -0.1) is 0 Å². The molecule has 116 valence electrons. The van der Waals surface area contributed by atoms with Gasteiger partial charge in [-0.25, -0.2) is 4.79 Å². The second-order valence-corrected chi connectivity index (χ2v) is 4.92. The lowest BCUT2D eigenvalue weighted by molar-refractivity contribution is 0.120. The number of hydrogen-bond acceptors (Lipinski definition) is 4. The zero-order valence-corrected chi connectivity index (χ0v) is 13.1. The van der Waals surface area contributed by atoms with E-state index in [0.717, 1.165) is 23.3 Å². The number of carbonyl (C=O) groups is 1. The summed E-state index contributed by atoms with van der Waals surface area (Å²) in [6, 6.07) is 13.4. The van der Waals surface area contributed by atoms with Crippen LogP contribution in [0.2, 0.25) is 0 Å². The summed E-state index contributed by atoms with van der Waals surface area (Å²) in [7, 11) is 1.28. The summed E-state index contributed by atoms with van der Waals surface area (Å²) in [6.45, 7) is 4.47. The molecule has 0 fully saturated rings. The predicted octanol–water partition coefficient (Wildman–Crippen LogP) is 4.28. The molecule has 2 aromatic carbocycles. The monoisotopic (exact) mass is 300 g/mol. The summed E-state index contributed by atoms with van der Waals surface area (Å²) in [5.41, 5.74) is 3.15. The fourth-order valence-electron chi connectivity index (χ4n) is 2.13. The highest BCUT2D eigenvalue weighted by Gasteiger charge is 2.10. The van der Waals surface area contributed by atoms with E-state index in [0.29, 0.717) is 12.4 Å². The number of carbonyl (C=O) groups excluding carboxylic acids is 1. The van der Waals surface area contributed by atoms with Gasteiger partial charge in [0.05, 0.1) is 7.11 Å². The summed E-state index contributed by atoms with van der Waals surface area (Å²) in [4.78, 5) is 11.3. The molecular formula is C18H20O4. The van der Waals surface area contributed by atoms with E-state index in [4.69, 9.17) is 9.47 Å². The molecule has 0 heterocycles. The van der Waals surface area contributed by atoms with E-state index in [-0.39, 0.29) is 0 Å². The van der Waals surface area contributed by atoms with Crippen molar-refractivity contribution in [1.29, 1.82) is 0 Å². The minimum Gasteiger partial charge on any atom is -0.488 e. The summed E-state index contributed by atoms with van der Waals surface area (Å²) >= 11 is 0. The van der Waals surface area contributed by atoms with E-state index < -0.39 is 6.16 Å². The number of benzene rings is 2. The summed E-state index contributed by atoms with van der Waals surface area (Å²) in [5, 5.41) is 0. The lowest BCUT2D eigenvalue weighted by atomic mass is 10.1. The van der Waals surface area contributed by atoms with Crippen LogP contribution < -0.4 is 9.47 Å². The Morgan fingerprint density at radius 3 is 2.55 bits per heavy atom. The third-order valence-corrected chi connectivity index (χ3v) is 3.31. The molecule has 0 N–H and O–H groups in total. The van der Waals surface area contributed by atoms with Crippen molar-refractivity contribution >= 4 is 6.16 Å². The maximum absolute atomic E-state index is 11.3. The van der Waals surface area contributed by atoms with E-state index >= 15 is 0 Å². The lowest BCUT2D eigenvalue weighted by Crippen LogP contribution is -2.10. The lowest BCUT2D eigenvalue weighted by Gasteiger charge is -2.13. The van der Waals surface area contributed by atoms with Crippen molar-refractivity contribution in [3.05, 3.63) is 59.2 Å². The molecule has 0 amide bonds. The highest BCUT2D eigenvalue weighted by molar-refractivity contribution is 5.64. The molecule has 2 aromatic rings. The minimum absolute atomic E-state index is 0.323. The largest absolute Gasteiger partial charge is 0.513 e. The Bertz CT molecular complexity index is 649. The van der Waals surface area contributed by atoms with Gasteiger partial charge in [0.25, 0.3) is 0 Å². The Morgan fingerprint density at radius 2 is 1.82 bits per heavy atom. The molecule has 0 saturated heterocycles. The first-order valence-corrected chi connectivity index (χ1v) is 7.20. The van der Waals surface area contributed by atoms with E-state index in [1.807, 2.05) is 24.3 Å². The predicted molar refractivity (Wildman–Crippen MR) is 84.4 cm³/mol. The first-order valence-electron chi connectivity index (χ1n) is 7.20. The zero-order valence-electron chi connectivity index (χ0n) is 13.1. The Balaban J connectivity index is 2.13. The average molecular weight is 300 g/mol. The second-order valence-electron chi connectivity index (χ2n) is 4.92. The van der Waals surface area contributed by atoms with Gasteiger partial charge in [-0.1, -0.05) is 42.8 Å². The molecule has 22 heavy (non-hydrogen) atoms. The summed E-state index contributed by atoms with van der Waals surface area (Å²) in [6.07, 6.45) is 0.161. The molecule has 0 aromatic heterocycles. The number of hydrogen-bond donors (Lipinski definition) is 0. The quantitative estimate of drug-likeness (QED) is 0.610. The minimum atomic E-state index is -0.739. The fourth-order valence-corrected chi connectivity index (χ4v) is 2.13. The van der Waals surface area contributed by atoms with Crippen LogP contribution >= 0.6 is 0 Å². The standard InChI is InChI=1S/C18H20O4/c1-4-14-11-13(2)9-10-16(14)21-12-15-7-5-6-8-17(15)22-18(19)20-3/h5-11H,4,12H2,1-3H3. The van der Waals surface area contributed by atoms with Crippen molar-refractivity contribution in [1.82, 2.24) is 0 Å². The number of aryl methyl sites for hydroxylation is 2. The zero-order chi connectivity index (χ0) is 15.9. The average Bonchev–Trinajstić information content (AvgIpc) is 2.54. The Morgan fingerprint density at radius 1 is 1.05 bits per heavy atom. The van der Waals surface area contributed by atoms with Gasteiger partial charge in [0.2, 0.25) is 0 Å². The van der Waals surface area contributed by atoms with Crippen molar-refractivity contribution in [3.8, 4) is 11.5 Å². The van der Waals surface area contributed by atoms with Crippen LogP contribution in [0.5, 0.6) is 11.5 Å². The van der Waals surface area contributed by atoms with Crippen LogP contribution in [0.1, 0.15) is 23.6 Å². The Kier molecular flexibility index (Phi) is 5.42. The molecule has 2 rings (SSSR count). The topological polar surface area (TPSA) is 44.8 Å². The van der Waals surface area contributed by atoms with Gasteiger partial charge in [0, 0.05) is 5.56 Å². The van der Waals surface area contributed by atoms with E-state index in [9.17, 15) is 4.79 Å². The third kappa shape index (κ3) is 4.01. The first kappa shape index (κ1) is 15.9. The fraction of sp³-hybridized carbons (Fsp3) is 0.278. The van der Waals surface area contributed by atoms with Gasteiger partial charge in [-0.3, -0.25) is 0 Å². The van der Waals surface area contributed by atoms with Gasteiger partial charge in [0.15, 0.2) is 0 Å². The second kappa shape index (κ2) is 7.50. The molecule has 0 bridgehead atoms. The van der Waals surface area contributed by atoms with Crippen LogP contribution in [0, 0.1) is 6.92 Å². The number of rotatable bonds is 5. The van der Waals surface area contributed by atoms with Gasteiger partial charge in [0.1, 0.15) is 18.1 Å². The van der Waals surface area contributed by atoms with Crippen LogP contribution in [0.3, 0.4) is 0 Å². The Hall–Kier alpha value is -2.49. The molecule has 0 atom stereocenters. The molecule has 0 unspecified atom stereocenters. The molecule has 4 heteroatoms. The molecule has 0 aliphatic carbocycles. The van der Waals surface area contributed by atoms with Gasteiger partial charge in [-0.2, -0.15) is 0 Å². The molecule has 0 saturated carbocycles. The summed E-state index contributed by atoms with van der Waals surface area (Å²) in [5.74, 6) is 1.29. The number of methoxy groups -OCH3 is 1. The van der Waals surface area contributed by atoms with Crippen molar-refractivity contribution in [2.45, 2.75) is 26.9 Å². The van der Waals surface area contributed by atoms with E-state index in [1.54, 1.807) is 12.1 Å². The molecule has 0 spiro atoms. The van der Waals surface area contributed by atoms with Gasteiger partial charge < -0.3 is 14.2 Å². The maximum atomic E-state index is 11.3. The van der Waals surface area contributed by atoms with Crippen LogP contribution in [-0.2, 0) is 17.8 Å². The highest BCUT2D eigenvalue weighted by atomic mass is 16.7. The first-order chi connectivity index (χ1) is 10.6. The van der Waals surface area contributed by atoms with Crippen LogP contribution in [-0.4, -0.2) is 13.3 Å². The van der Waals surface area contributed by atoms with E-state index in [1.165, 1.54) is 12.7 Å². The molecule has 4 nitrogen and oxygen atoms in total. The number of para-hydroxylation sites is 1. The van der Waals surface area contributed by atoms with Crippen molar-refractivity contribution in [2.75, 3.05) is 7.11 Å². The van der Waals surface area contributed by atoms with Gasteiger partial charge in [-0.05, 0) is 31.0 Å². The molecule has 0 radical (unpaired) electrons. The van der Waals surface area contributed by atoms with Crippen molar-refractivity contribution in [3.63, 3.8) is 0 Å². The van der Waals surface area contributed by atoms with Crippen LogP contribution in [0.15, 0.2) is 42.5 Å². The van der Waals surface area contributed by atoms with Gasteiger partial charge >= 0.3 is 6.16 Å². The normalized spacial score (nSPS) is 10.1. The summed E-state index contributed by atoms with van der Waals surface area (Å²) < 4.78 is 15.5. The van der Waals surface area contributed by atoms with Crippen molar-refractivity contribution < 1.29 is 19.0 Å². The maximum Gasteiger partial charge on any atom is 0.513 e.